The van der Waals surface area contributed by atoms with Crippen molar-refractivity contribution in [1.29, 1.82) is 0 Å². The summed E-state index contributed by atoms with van der Waals surface area (Å²) in [7, 11) is 0. The highest BCUT2D eigenvalue weighted by Crippen LogP contribution is 2.23. The number of nitrogens with one attached hydrogen (secondary N) is 2. The summed E-state index contributed by atoms with van der Waals surface area (Å²) < 4.78 is 5.77. The van der Waals surface area contributed by atoms with Gasteiger partial charge in [-0.3, -0.25) is 24.0 Å². The van der Waals surface area contributed by atoms with Gasteiger partial charge in [-0.05, 0) is 77.1 Å². The largest absolute Gasteiger partial charge is 0.486 e. The Morgan fingerprint density at radius 1 is 0.673 bits per heavy atom. The predicted molar refractivity (Wildman–Crippen MR) is 212 cm³/mol. The van der Waals surface area contributed by atoms with Gasteiger partial charge >= 0.3 is 5.97 Å². The minimum absolute atomic E-state index is 0.0850. The number of ether oxygens (including phenoxy) is 1. The van der Waals surface area contributed by atoms with Crippen molar-refractivity contribution in [3.63, 3.8) is 0 Å². The smallest absolute Gasteiger partial charge is 0.307 e. The summed E-state index contributed by atoms with van der Waals surface area (Å²) >= 11 is 1.48. The van der Waals surface area contributed by atoms with E-state index in [4.69, 9.17) is 4.74 Å². The van der Waals surface area contributed by atoms with Crippen molar-refractivity contribution < 1.29 is 33.8 Å². The zero-order chi connectivity index (χ0) is 38.6. The molecule has 0 radical (unpaired) electrons. The summed E-state index contributed by atoms with van der Waals surface area (Å²) in [6.07, 6.45) is 0.763. The van der Waals surface area contributed by atoms with Crippen LogP contribution in [0.2, 0.25) is 0 Å². The summed E-state index contributed by atoms with van der Waals surface area (Å²) in [4.78, 5) is 69.2. The molecule has 2 amide bonds. The number of carboxylic acids is 1. The number of amides is 2. The monoisotopic (exact) mass is 756 g/mol. The van der Waals surface area contributed by atoms with Crippen LogP contribution in [0.5, 0.6) is 5.75 Å². The minimum atomic E-state index is -1.13. The van der Waals surface area contributed by atoms with Gasteiger partial charge in [0.1, 0.15) is 18.4 Å². The Labute approximate surface area is 324 Å². The molecule has 10 heteroatoms. The first-order valence-electron chi connectivity index (χ1n) is 18.5. The third-order valence-corrected chi connectivity index (χ3v) is 10.8. The number of fused-ring (bicyclic) bond motifs is 16. The van der Waals surface area contributed by atoms with Gasteiger partial charge in [0.05, 0.1) is 12.0 Å². The molecule has 0 fully saturated rings. The van der Waals surface area contributed by atoms with Crippen LogP contribution in [0.1, 0.15) is 40.8 Å². The maximum atomic E-state index is 14.4. The molecule has 7 rings (SSSR count). The first-order valence-corrected chi connectivity index (χ1v) is 19.4. The molecule has 1 aromatic heterocycles. The maximum Gasteiger partial charge on any atom is 0.307 e. The van der Waals surface area contributed by atoms with Gasteiger partial charge in [-0.15, -0.1) is 11.3 Å². The van der Waals surface area contributed by atoms with Gasteiger partial charge in [-0.1, -0.05) is 103 Å². The van der Waals surface area contributed by atoms with Crippen LogP contribution in [0, 0.1) is 11.8 Å². The number of carboxylic acid groups (broad SMARTS) is 1. The fourth-order valence-electron chi connectivity index (χ4n) is 6.80. The topological polar surface area (TPSA) is 139 Å². The van der Waals surface area contributed by atoms with Crippen molar-refractivity contribution in [1.82, 2.24) is 10.6 Å². The number of carbonyl (C=O) groups excluding carboxylic acids is 4. The van der Waals surface area contributed by atoms with Gasteiger partial charge in [0.25, 0.3) is 0 Å². The molecule has 4 aromatic carbocycles. The third-order valence-electron chi connectivity index (χ3n) is 9.88. The number of carbonyl (C=O) groups is 5. The van der Waals surface area contributed by atoms with Crippen molar-refractivity contribution in [2.24, 2.45) is 11.8 Å². The molecule has 2 aliphatic heterocycles. The molecule has 2 bridgehead atoms. The highest BCUT2D eigenvalue weighted by atomic mass is 32.1. The molecule has 282 valence electrons. The summed E-state index contributed by atoms with van der Waals surface area (Å²) in [5, 5.41) is 17.9. The second kappa shape index (κ2) is 18.9. The average molecular weight is 757 g/mol. The van der Waals surface area contributed by atoms with Gasteiger partial charge in [0, 0.05) is 30.1 Å². The Kier molecular flexibility index (Phi) is 13.4. The highest BCUT2D eigenvalue weighted by molar-refractivity contribution is 7.09. The lowest BCUT2D eigenvalue weighted by Crippen LogP contribution is -2.54. The molecule has 55 heavy (non-hydrogen) atoms. The molecule has 2 aliphatic rings. The number of ketones is 2. The number of thiophene rings is 1. The number of aliphatic carboxylic acids is 1. The summed E-state index contributed by atoms with van der Waals surface area (Å²) in [5.74, 6) is -4.27. The number of hydrogen-bond acceptors (Lipinski definition) is 7. The second-order valence-electron chi connectivity index (χ2n) is 14.0. The van der Waals surface area contributed by atoms with Crippen LogP contribution in [0.3, 0.4) is 0 Å². The Hall–Kier alpha value is -5.87. The van der Waals surface area contributed by atoms with Crippen molar-refractivity contribution in [3.8, 4) is 16.9 Å². The van der Waals surface area contributed by atoms with E-state index in [1.807, 2.05) is 102 Å². The van der Waals surface area contributed by atoms with Crippen LogP contribution in [-0.2, 0) is 49.7 Å². The summed E-state index contributed by atoms with van der Waals surface area (Å²) in [6.45, 7) is -0.263. The molecular weight excluding hydrogens is 713 g/mol. The number of rotatable bonds is 9. The van der Waals surface area contributed by atoms with E-state index >= 15 is 0 Å². The Morgan fingerprint density at radius 3 is 2.02 bits per heavy atom. The van der Waals surface area contributed by atoms with E-state index in [9.17, 15) is 29.1 Å². The van der Waals surface area contributed by atoms with Crippen LogP contribution in [0.15, 0.2) is 127 Å². The first kappa shape index (κ1) is 38.8. The summed E-state index contributed by atoms with van der Waals surface area (Å²) in [5.41, 5.74) is 4.45. The molecule has 0 unspecified atom stereocenters. The van der Waals surface area contributed by atoms with Gasteiger partial charge in [0.2, 0.25) is 11.8 Å². The van der Waals surface area contributed by atoms with Gasteiger partial charge in [-0.2, -0.15) is 0 Å². The second-order valence-corrected chi connectivity index (χ2v) is 15.0. The van der Waals surface area contributed by atoms with Crippen LogP contribution < -0.4 is 15.4 Å². The van der Waals surface area contributed by atoms with E-state index in [0.29, 0.717) is 24.2 Å². The van der Waals surface area contributed by atoms with Crippen LogP contribution >= 0.6 is 11.3 Å². The van der Waals surface area contributed by atoms with Crippen molar-refractivity contribution in [2.45, 2.75) is 57.0 Å². The fraction of sp³-hybridized carbons (Fsp3) is 0.267. The molecule has 0 aliphatic carbocycles. The van der Waals surface area contributed by atoms with E-state index in [1.165, 1.54) is 11.3 Å². The van der Waals surface area contributed by atoms with E-state index in [0.717, 1.165) is 27.1 Å². The number of Topliss-reactive ketones (excluding diaryl/α,β-unsaturated/α-hetero) is 2. The van der Waals surface area contributed by atoms with Crippen molar-refractivity contribution in [2.75, 3.05) is 6.61 Å². The average Bonchev–Trinajstić information content (AvgIpc) is 3.72. The third kappa shape index (κ3) is 11.3. The van der Waals surface area contributed by atoms with Gasteiger partial charge in [-0.25, -0.2) is 0 Å². The van der Waals surface area contributed by atoms with Crippen molar-refractivity contribution >= 4 is 40.7 Å². The summed E-state index contributed by atoms with van der Waals surface area (Å²) in [6, 6.07) is 35.6. The molecular formula is C45H44N2O7S. The SMILES string of the molecule is O=C1COc2ccc(cc2)C[C@@H](C(=O)O)CC(=O)[C@H](CCc2ccccc2)NC(=O)[C@H](Cc2ccc(-c3ccccc3)cc2)NC(=O)[C@H](Cc2cccs2)C1. The lowest BCUT2D eigenvalue weighted by molar-refractivity contribution is -0.144. The zero-order valence-electron chi connectivity index (χ0n) is 30.4. The Morgan fingerprint density at radius 2 is 1.35 bits per heavy atom. The number of hydrogen-bond donors (Lipinski definition) is 3. The lowest BCUT2D eigenvalue weighted by atomic mass is 9.90. The normalized spacial score (nSPS) is 20.0. The quantitative estimate of drug-likeness (QED) is 0.153. The molecule has 5 aromatic rings. The van der Waals surface area contributed by atoms with E-state index in [-0.39, 0.29) is 44.5 Å². The molecule has 0 saturated carbocycles. The maximum absolute atomic E-state index is 14.4. The van der Waals surface area contributed by atoms with E-state index in [2.05, 4.69) is 10.6 Å². The van der Waals surface area contributed by atoms with Crippen LogP contribution in [0.4, 0.5) is 0 Å². The lowest BCUT2D eigenvalue weighted by Gasteiger charge is -2.26. The minimum Gasteiger partial charge on any atom is -0.486 e. The molecule has 0 saturated heterocycles. The predicted octanol–water partition coefficient (Wildman–Crippen LogP) is 6.67. The number of benzene rings is 4. The van der Waals surface area contributed by atoms with E-state index in [1.54, 1.807) is 24.3 Å². The van der Waals surface area contributed by atoms with Crippen molar-refractivity contribution in [3.05, 3.63) is 148 Å². The van der Waals surface area contributed by atoms with E-state index < -0.39 is 47.5 Å². The molecule has 3 N–H and O–H groups in total. The molecule has 0 spiro atoms. The molecule has 4 atom stereocenters. The van der Waals surface area contributed by atoms with Gasteiger partial charge in [0.15, 0.2) is 11.6 Å². The molecule has 3 heterocycles. The highest BCUT2D eigenvalue weighted by Gasteiger charge is 2.32. The van der Waals surface area contributed by atoms with Crippen LogP contribution in [0.25, 0.3) is 11.1 Å². The fourth-order valence-corrected chi connectivity index (χ4v) is 7.59. The zero-order valence-corrected chi connectivity index (χ0v) is 31.2. The standard InChI is InChI=1S/C45H44N2O7S/c48-37-26-35(27-39-12-7-23-55-39)43(50)47-41(25-32-13-18-34(19-14-32)33-10-5-2-6-11-33)44(51)46-40(22-17-30-8-3-1-4-9-30)42(49)28-36(45(52)53)24-31-15-20-38(21-16-31)54-29-37/h1-16,18-21,23,35-36,40-41H,17,22,24-29H2,(H,46,51)(H,47,50)(H,52,53)/t35-,36+,40-,41-/m0/s1. The molecule has 9 nitrogen and oxygen atoms in total. The number of aryl methyl sites for hydroxylation is 1. The Bertz CT molecular complexity index is 2050. The van der Waals surface area contributed by atoms with Crippen LogP contribution in [-0.4, -0.2) is 53.1 Å². The first-order chi connectivity index (χ1) is 26.7. The van der Waals surface area contributed by atoms with Gasteiger partial charge < -0.3 is 20.5 Å². The Balaban J connectivity index is 1.33.